The maximum atomic E-state index is 11.9. The summed E-state index contributed by atoms with van der Waals surface area (Å²) >= 11 is 0. The van der Waals surface area contributed by atoms with E-state index in [1.54, 1.807) is 4.57 Å². The standard InChI is InChI=1S/C15H21N3O2/c1-11-8-12(16)10-17(9-11)6-7-18-13-4-2-3-5-14(13)20-15(18)19/h2-5,11-12H,6-10,16H2,1H3. The Labute approximate surface area is 118 Å². The van der Waals surface area contributed by atoms with Crippen LogP contribution in [0.3, 0.4) is 0 Å². The number of hydrogen-bond donors (Lipinski definition) is 1. The van der Waals surface area contributed by atoms with Crippen LogP contribution in [-0.2, 0) is 6.54 Å². The molecule has 1 aromatic carbocycles. The minimum atomic E-state index is -0.277. The number of fused-ring (bicyclic) bond motifs is 1. The quantitative estimate of drug-likeness (QED) is 0.916. The number of piperidine rings is 1. The van der Waals surface area contributed by atoms with Gasteiger partial charge in [0.15, 0.2) is 5.58 Å². The first-order valence-electron chi connectivity index (χ1n) is 7.20. The van der Waals surface area contributed by atoms with Gasteiger partial charge >= 0.3 is 5.76 Å². The molecular formula is C15H21N3O2. The van der Waals surface area contributed by atoms with Gasteiger partial charge in [0.2, 0.25) is 0 Å². The lowest BCUT2D eigenvalue weighted by atomic mass is 9.97. The zero-order valence-corrected chi connectivity index (χ0v) is 11.8. The molecule has 1 aliphatic heterocycles. The molecule has 2 heterocycles. The van der Waals surface area contributed by atoms with Crippen molar-refractivity contribution in [2.75, 3.05) is 19.6 Å². The van der Waals surface area contributed by atoms with Gasteiger partial charge in [0, 0.05) is 32.2 Å². The molecule has 0 bridgehead atoms. The van der Waals surface area contributed by atoms with Gasteiger partial charge in [0.05, 0.1) is 5.52 Å². The summed E-state index contributed by atoms with van der Waals surface area (Å²) in [6.45, 7) is 5.68. The highest BCUT2D eigenvalue weighted by Gasteiger charge is 2.22. The Morgan fingerprint density at radius 2 is 2.10 bits per heavy atom. The van der Waals surface area contributed by atoms with Crippen molar-refractivity contribution in [3.05, 3.63) is 34.8 Å². The molecule has 1 aliphatic rings. The van der Waals surface area contributed by atoms with E-state index in [9.17, 15) is 4.79 Å². The van der Waals surface area contributed by atoms with Crippen LogP contribution in [-0.4, -0.2) is 35.1 Å². The van der Waals surface area contributed by atoms with Crippen molar-refractivity contribution in [1.29, 1.82) is 0 Å². The Balaban J connectivity index is 1.74. The second-order valence-electron chi connectivity index (χ2n) is 5.85. The molecule has 108 valence electrons. The predicted molar refractivity (Wildman–Crippen MR) is 78.7 cm³/mol. The lowest BCUT2D eigenvalue weighted by Gasteiger charge is -2.34. The number of nitrogens with zero attached hydrogens (tertiary/aromatic N) is 2. The molecule has 0 amide bonds. The minimum Gasteiger partial charge on any atom is -0.408 e. The van der Waals surface area contributed by atoms with Crippen molar-refractivity contribution in [2.24, 2.45) is 11.7 Å². The number of benzene rings is 1. The third kappa shape index (κ3) is 2.64. The fraction of sp³-hybridized carbons (Fsp3) is 0.533. The van der Waals surface area contributed by atoms with E-state index < -0.39 is 0 Å². The molecule has 2 aromatic rings. The summed E-state index contributed by atoms with van der Waals surface area (Å²) in [5, 5.41) is 0. The van der Waals surface area contributed by atoms with E-state index in [-0.39, 0.29) is 11.8 Å². The third-order valence-electron chi connectivity index (χ3n) is 3.98. The van der Waals surface area contributed by atoms with E-state index in [0.29, 0.717) is 18.0 Å². The Hall–Kier alpha value is -1.59. The van der Waals surface area contributed by atoms with Gasteiger partial charge in [-0.25, -0.2) is 4.79 Å². The minimum absolute atomic E-state index is 0.247. The molecule has 1 saturated heterocycles. The summed E-state index contributed by atoms with van der Waals surface area (Å²) in [6, 6.07) is 7.79. The predicted octanol–water partition coefficient (Wildman–Crippen LogP) is 1.26. The van der Waals surface area contributed by atoms with Gasteiger partial charge in [0.1, 0.15) is 0 Å². The number of hydrogen-bond acceptors (Lipinski definition) is 4. The topological polar surface area (TPSA) is 64.4 Å². The fourth-order valence-corrected chi connectivity index (χ4v) is 3.16. The maximum Gasteiger partial charge on any atom is 0.419 e. The van der Waals surface area contributed by atoms with Crippen molar-refractivity contribution >= 4 is 11.1 Å². The van der Waals surface area contributed by atoms with Crippen LogP contribution < -0.4 is 11.5 Å². The van der Waals surface area contributed by atoms with Crippen LogP contribution in [0.15, 0.2) is 33.5 Å². The summed E-state index contributed by atoms with van der Waals surface area (Å²) < 4.78 is 6.95. The second-order valence-corrected chi connectivity index (χ2v) is 5.85. The highest BCUT2D eigenvalue weighted by molar-refractivity contribution is 5.72. The Morgan fingerprint density at radius 3 is 2.90 bits per heavy atom. The zero-order chi connectivity index (χ0) is 14.1. The molecule has 5 nitrogen and oxygen atoms in total. The SMILES string of the molecule is CC1CC(N)CN(CCn2c(=O)oc3ccccc32)C1. The van der Waals surface area contributed by atoms with Crippen LogP contribution in [0.4, 0.5) is 0 Å². The maximum absolute atomic E-state index is 11.9. The average Bonchev–Trinajstić information content (AvgIpc) is 2.71. The van der Waals surface area contributed by atoms with Gasteiger partial charge in [-0.2, -0.15) is 0 Å². The number of nitrogens with two attached hydrogens (primary N) is 1. The highest BCUT2D eigenvalue weighted by atomic mass is 16.4. The van der Waals surface area contributed by atoms with Crippen molar-refractivity contribution in [3.63, 3.8) is 0 Å². The average molecular weight is 275 g/mol. The number of rotatable bonds is 3. The highest BCUT2D eigenvalue weighted by Crippen LogP contribution is 2.16. The monoisotopic (exact) mass is 275 g/mol. The van der Waals surface area contributed by atoms with Crippen LogP contribution in [0, 0.1) is 5.92 Å². The summed E-state index contributed by atoms with van der Waals surface area (Å²) in [4.78, 5) is 14.2. The molecule has 5 heteroatoms. The molecule has 2 atom stereocenters. The Morgan fingerprint density at radius 1 is 1.30 bits per heavy atom. The van der Waals surface area contributed by atoms with E-state index in [1.807, 2.05) is 24.3 Å². The van der Waals surface area contributed by atoms with E-state index >= 15 is 0 Å². The van der Waals surface area contributed by atoms with Gasteiger partial charge < -0.3 is 10.2 Å². The molecule has 2 N–H and O–H groups in total. The number of aromatic nitrogens is 1. The van der Waals surface area contributed by atoms with Crippen LogP contribution in [0.25, 0.3) is 11.1 Å². The molecule has 1 fully saturated rings. The van der Waals surface area contributed by atoms with Gasteiger partial charge in [-0.15, -0.1) is 0 Å². The fourth-order valence-electron chi connectivity index (χ4n) is 3.16. The molecule has 20 heavy (non-hydrogen) atoms. The van der Waals surface area contributed by atoms with E-state index in [2.05, 4.69) is 11.8 Å². The summed E-state index contributed by atoms with van der Waals surface area (Å²) in [7, 11) is 0. The van der Waals surface area contributed by atoms with Crippen LogP contribution in [0.2, 0.25) is 0 Å². The lowest BCUT2D eigenvalue weighted by molar-refractivity contribution is 0.160. The number of likely N-dealkylation sites (tertiary alicyclic amines) is 1. The largest absolute Gasteiger partial charge is 0.419 e. The lowest BCUT2D eigenvalue weighted by Crippen LogP contribution is -2.47. The smallest absolute Gasteiger partial charge is 0.408 e. The zero-order valence-electron chi connectivity index (χ0n) is 11.8. The van der Waals surface area contributed by atoms with Crippen molar-refractivity contribution < 1.29 is 4.42 Å². The third-order valence-corrected chi connectivity index (χ3v) is 3.98. The van der Waals surface area contributed by atoms with E-state index in [1.165, 1.54) is 0 Å². The first-order chi connectivity index (χ1) is 9.63. The number of oxazole rings is 1. The van der Waals surface area contributed by atoms with Crippen LogP contribution in [0.1, 0.15) is 13.3 Å². The first kappa shape index (κ1) is 13.4. The van der Waals surface area contributed by atoms with E-state index in [0.717, 1.165) is 31.6 Å². The Bertz CT molecular complexity index is 636. The van der Waals surface area contributed by atoms with Gasteiger partial charge in [-0.3, -0.25) is 9.47 Å². The van der Waals surface area contributed by atoms with E-state index in [4.69, 9.17) is 10.2 Å². The molecule has 2 unspecified atom stereocenters. The molecule has 3 rings (SSSR count). The summed E-state index contributed by atoms with van der Waals surface area (Å²) in [6.07, 6.45) is 1.09. The van der Waals surface area contributed by atoms with Gasteiger partial charge in [-0.1, -0.05) is 19.1 Å². The molecule has 1 aromatic heterocycles. The van der Waals surface area contributed by atoms with Crippen molar-refractivity contribution in [3.8, 4) is 0 Å². The molecular weight excluding hydrogens is 254 g/mol. The normalized spacial score (nSPS) is 24.3. The van der Waals surface area contributed by atoms with Crippen LogP contribution in [0.5, 0.6) is 0 Å². The molecule has 0 spiro atoms. The number of para-hydroxylation sites is 2. The van der Waals surface area contributed by atoms with Gasteiger partial charge in [0.25, 0.3) is 0 Å². The summed E-state index contributed by atoms with van der Waals surface area (Å²) in [5.41, 5.74) is 7.58. The van der Waals surface area contributed by atoms with Gasteiger partial charge in [-0.05, 0) is 24.5 Å². The second kappa shape index (κ2) is 5.42. The summed E-state index contributed by atoms with van der Waals surface area (Å²) in [5.74, 6) is 0.345. The molecule has 0 aliphatic carbocycles. The van der Waals surface area contributed by atoms with Crippen LogP contribution >= 0.6 is 0 Å². The Kier molecular flexibility index (Phi) is 3.63. The molecule has 0 saturated carbocycles. The molecule has 0 radical (unpaired) electrons. The van der Waals surface area contributed by atoms with Crippen molar-refractivity contribution in [2.45, 2.75) is 25.9 Å². The van der Waals surface area contributed by atoms with Crippen molar-refractivity contribution in [1.82, 2.24) is 9.47 Å². The first-order valence-corrected chi connectivity index (χ1v) is 7.20.